The second-order valence-electron chi connectivity index (χ2n) is 0.864. The predicted octanol–water partition coefficient (Wildman–Crippen LogP) is 1.76. The van der Waals surface area contributed by atoms with Crippen LogP contribution in [-0.4, -0.2) is 0 Å². The molecule has 0 heterocycles. The summed E-state index contributed by atoms with van der Waals surface area (Å²) in [6.07, 6.45) is 7.01. The van der Waals surface area contributed by atoms with E-state index in [-0.39, 0.29) is 0 Å². The molecule has 0 bridgehead atoms. The second-order valence-corrected chi connectivity index (χ2v) is 0.864. The lowest BCUT2D eigenvalue weighted by atomic mass is 10.4. The highest BCUT2D eigenvalue weighted by Crippen LogP contribution is 1.74. The van der Waals surface area contributed by atoms with Gasteiger partial charge in [-0.15, -0.1) is 0 Å². The molecule has 32 valence electrons. The van der Waals surface area contributed by atoms with E-state index in [4.69, 9.17) is 0 Å². The van der Waals surface area contributed by atoms with Gasteiger partial charge in [-0.25, -0.2) is 0 Å². The average molecular weight is 80.1 g/mol. The third-order valence-electron chi connectivity index (χ3n) is 0.380. The Labute approximate surface area is 39.2 Å². The van der Waals surface area contributed by atoms with Gasteiger partial charge in [0.05, 0.1) is 0 Å². The fourth-order valence-electron chi connectivity index (χ4n) is 0.167. The third-order valence-corrected chi connectivity index (χ3v) is 0.380. The summed E-state index contributed by atoms with van der Waals surface area (Å²) in [6, 6.07) is 0. The molecule has 0 amide bonds. The third kappa shape index (κ3) is 3.48. The molecule has 0 aromatic carbocycles. The molecule has 0 unspecified atom stereocenters. The highest BCUT2D eigenvalue weighted by atomic mass is 13.6. The molecular weight excluding hydrogens is 72.1 g/mol. The molecule has 0 fully saturated rings. The molecule has 6 heavy (non-hydrogen) atoms. The smallest absolute Gasteiger partial charge is 0.0233 e. The zero-order valence-corrected chi connectivity index (χ0v) is 3.78. The van der Waals surface area contributed by atoms with Crippen molar-refractivity contribution in [3.63, 3.8) is 0 Å². The van der Waals surface area contributed by atoms with Crippen molar-refractivity contribution in [1.82, 2.24) is 0 Å². The van der Waals surface area contributed by atoms with Crippen molar-refractivity contribution in [3.05, 3.63) is 31.7 Å². The molecule has 0 heteroatoms. The Hall–Kier alpha value is -0.520. The highest BCUT2D eigenvalue weighted by molar-refractivity contribution is 4.88. The Morgan fingerprint density at radius 2 is 2.33 bits per heavy atom. The maximum absolute atomic E-state index is 3.56. The van der Waals surface area contributed by atoms with E-state index in [0.29, 0.717) is 0 Å². The maximum atomic E-state index is 3.56. The van der Waals surface area contributed by atoms with Gasteiger partial charge >= 0.3 is 0 Å². The van der Waals surface area contributed by atoms with Crippen LogP contribution in [0.25, 0.3) is 0 Å². The molecule has 0 aliphatic heterocycles. The minimum absolute atomic E-state index is 0.798. The molecule has 0 aliphatic rings. The maximum Gasteiger partial charge on any atom is -0.0233 e. The van der Waals surface area contributed by atoms with Gasteiger partial charge in [-0.1, -0.05) is 18.7 Å². The van der Waals surface area contributed by atoms with E-state index in [1.54, 1.807) is 6.08 Å². The molecule has 0 rings (SSSR count). The topological polar surface area (TPSA) is 0 Å². The van der Waals surface area contributed by atoms with Gasteiger partial charge in [-0.2, -0.15) is 0 Å². The molecule has 0 saturated carbocycles. The molecule has 0 nitrogen and oxygen atoms in total. The van der Waals surface area contributed by atoms with E-state index >= 15 is 0 Å². The van der Waals surface area contributed by atoms with Crippen LogP contribution in [0.2, 0.25) is 0 Å². The Morgan fingerprint density at radius 3 is 2.50 bits per heavy atom. The number of rotatable bonds is 2. The fourth-order valence-corrected chi connectivity index (χ4v) is 0.167. The number of allylic oxidation sites excluding steroid dienone is 3. The zero-order chi connectivity index (χ0) is 4.83. The van der Waals surface area contributed by atoms with Gasteiger partial charge in [0.25, 0.3) is 0 Å². The first-order valence-corrected chi connectivity index (χ1v) is 1.89. The van der Waals surface area contributed by atoms with Crippen LogP contribution in [0.3, 0.4) is 0 Å². The summed E-state index contributed by atoms with van der Waals surface area (Å²) in [6.45, 7) is 6.99. The van der Waals surface area contributed by atoms with Crippen LogP contribution in [0, 0.1) is 13.0 Å². The van der Waals surface area contributed by atoms with Crippen LogP contribution in [0.4, 0.5) is 0 Å². The second kappa shape index (κ2) is 4.48. The van der Waals surface area contributed by atoms with Crippen molar-refractivity contribution in [2.45, 2.75) is 6.42 Å². The Morgan fingerprint density at radius 1 is 1.67 bits per heavy atom. The van der Waals surface area contributed by atoms with Crippen molar-refractivity contribution in [3.8, 4) is 0 Å². The fraction of sp³-hybridized carbons (Fsp3) is 0.167. The Kier molecular flexibility index (Phi) is 4.09. The van der Waals surface area contributed by atoms with Crippen LogP contribution in [0.5, 0.6) is 0 Å². The van der Waals surface area contributed by atoms with Crippen LogP contribution >= 0.6 is 0 Å². The molecule has 0 aromatic heterocycles. The van der Waals surface area contributed by atoms with Crippen LogP contribution in [-0.2, 0) is 0 Å². The molecule has 2 radical (unpaired) electrons. The number of hydrogen-bond acceptors (Lipinski definition) is 0. The van der Waals surface area contributed by atoms with Gasteiger partial charge in [0.1, 0.15) is 0 Å². The van der Waals surface area contributed by atoms with Crippen LogP contribution in [0.1, 0.15) is 6.42 Å². The Bertz CT molecular complexity index is 51.1. The minimum Gasteiger partial charge on any atom is -0.0985 e. The summed E-state index contributed by atoms with van der Waals surface area (Å²) in [5.41, 5.74) is 0. The molecular formula is C6H8. The van der Waals surface area contributed by atoms with E-state index in [1.165, 1.54) is 0 Å². The van der Waals surface area contributed by atoms with Gasteiger partial charge in [0.15, 0.2) is 0 Å². The van der Waals surface area contributed by atoms with Gasteiger partial charge in [-0.05, 0) is 19.4 Å². The summed E-state index contributed by atoms with van der Waals surface area (Å²) in [4.78, 5) is 0. The van der Waals surface area contributed by atoms with Gasteiger partial charge in [-0.3, -0.25) is 0 Å². The van der Waals surface area contributed by atoms with Crippen molar-refractivity contribution in [1.29, 1.82) is 0 Å². The quantitative estimate of drug-likeness (QED) is 0.443. The normalized spacial score (nSPS) is 9.50. The first kappa shape index (κ1) is 5.48. The van der Waals surface area contributed by atoms with E-state index in [1.807, 2.05) is 6.08 Å². The van der Waals surface area contributed by atoms with Crippen LogP contribution in [0.15, 0.2) is 18.7 Å². The van der Waals surface area contributed by atoms with Crippen molar-refractivity contribution in [2.24, 2.45) is 0 Å². The summed E-state index contributed by atoms with van der Waals surface area (Å²) in [5.74, 6) is 0. The highest BCUT2D eigenvalue weighted by Gasteiger charge is 1.56. The minimum atomic E-state index is 0.798. The van der Waals surface area contributed by atoms with Crippen molar-refractivity contribution >= 4 is 0 Å². The van der Waals surface area contributed by atoms with Gasteiger partial charge < -0.3 is 0 Å². The molecule has 0 aromatic rings. The first-order valence-electron chi connectivity index (χ1n) is 1.89. The lowest BCUT2D eigenvalue weighted by Gasteiger charge is -1.66. The molecule has 0 N–H and O–H groups in total. The van der Waals surface area contributed by atoms with Gasteiger partial charge in [0.2, 0.25) is 0 Å². The van der Waals surface area contributed by atoms with Gasteiger partial charge in [0, 0.05) is 0 Å². The number of hydrogen-bond donors (Lipinski definition) is 0. The summed E-state index contributed by atoms with van der Waals surface area (Å²) >= 11 is 0. The monoisotopic (exact) mass is 80.1 g/mol. The van der Waals surface area contributed by atoms with E-state index < -0.39 is 0 Å². The summed E-state index contributed by atoms with van der Waals surface area (Å²) in [5, 5.41) is 0. The van der Waals surface area contributed by atoms with Crippen molar-refractivity contribution < 1.29 is 0 Å². The lowest BCUT2D eigenvalue weighted by Crippen LogP contribution is -1.48. The van der Waals surface area contributed by atoms with Crippen LogP contribution < -0.4 is 0 Å². The summed E-state index contributed by atoms with van der Waals surface area (Å²) < 4.78 is 0. The molecule has 0 aliphatic carbocycles. The lowest BCUT2D eigenvalue weighted by molar-refractivity contribution is 1.39. The van der Waals surface area contributed by atoms with E-state index in [0.717, 1.165) is 6.42 Å². The zero-order valence-electron chi connectivity index (χ0n) is 3.78. The SMILES string of the molecule is [CH2]C/C=[C]/C=C. The van der Waals surface area contributed by atoms with E-state index in [2.05, 4.69) is 19.6 Å². The largest absolute Gasteiger partial charge is 0.0985 e. The Balaban J connectivity index is 2.94. The molecule has 0 spiro atoms. The predicted molar refractivity (Wildman–Crippen MR) is 28.0 cm³/mol. The molecule has 0 saturated heterocycles. The molecule has 0 atom stereocenters. The average Bonchev–Trinajstić information content (AvgIpc) is 1.61. The van der Waals surface area contributed by atoms with Crippen molar-refractivity contribution in [2.75, 3.05) is 0 Å². The van der Waals surface area contributed by atoms with E-state index in [9.17, 15) is 0 Å². The standard InChI is InChI=1S/C6H8/c1-3-5-6-4-2/h3,6H,1-2,4H2. The first-order chi connectivity index (χ1) is 2.91. The summed E-state index contributed by atoms with van der Waals surface area (Å²) in [7, 11) is 0.